The van der Waals surface area contributed by atoms with Crippen LogP contribution in [0.15, 0.2) is 0 Å². The van der Waals surface area contributed by atoms with Crippen LogP contribution in [0.1, 0.15) is 27.2 Å². The van der Waals surface area contributed by atoms with Crippen LogP contribution in [0.3, 0.4) is 0 Å². The van der Waals surface area contributed by atoms with Crippen LogP contribution in [0.2, 0.25) is 0 Å². The van der Waals surface area contributed by atoms with Crippen molar-refractivity contribution < 1.29 is 4.74 Å². The van der Waals surface area contributed by atoms with Gasteiger partial charge in [0.1, 0.15) is 0 Å². The van der Waals surface area contributed by atoms with E-state index in [-0.39, 0.29) is 0 Å². The van der Waals surface area contributed by atoms with Crippen molar-refractivity contribution in [3.05, 3.63) is 0 Å². The topological polar surface area (TPSA) is 12.5 Å². The zero-order valence-electron chi connectivity index (χ0n) is 5.90. The Morgan fingerprint density at radius 3 is 2.25 bits per heavy atom. The molecule has 0 radical (unpaired) electrons. The van der Waals surface area contributed by atoms with E-state index in [1.54, 1.807) is 0 Å². The van der Waals surface area contributed by atoms with Gasteiger partial charge in [-0.1, -0.05) is 20.8 Å². The summed E-state index contributed by atoms with van der Waals surface area (Å²) >= 11 is 0. The first kappa shape index (κ1) is 6.09. The van der Waals surface area contributed by atoms with E-state index in [0.717, 1.165) is 6.61 Å². The lowest BCUT2D eigenvalue weighted by Gasteiger charge is -2.18. The van der Waals surface area contributed by atoms with Gasteiger partial charge in [-0.05, 0) is 11.8 Å². The Balaban J connectivity index is 2.37. The van der Waals surface area contributed by atoms with Crippen molar-refractivity contribution in [1.82, 2.24) is 0 Å². The van der Waals surface area contributed by atoms with Gasteiger partial charge in [-0.25, -0.2) is 0 Å². The summed E-state index contributed by atoms with van der Waals surface area (Å²) in [5, 5.41) is 0. The first-order chi connectivity index (χ1) is 3.67. The molecule has 0 amide bonds. The largest absolute Gasteiger partial charge is 0.373 e. The maximum atomic E-state index is 5.16. The summed E-state index contributed by atoms with van der Waals surface area (Å²) in [6.45, 7) is 7.71. The van der Waals surface area contributed by atoms with Crippen LogP contribution in [-0.4, -0.2) is 12.7 Å². The van der Waals surface area contributed by atoms with Gasteiger partial charge >= 0.3 is 0 Å². The Hall–Kier alpha value is -0.0400. The fourth-order valence-electron chi connectivity index (χ4n) is 0.727. The molecular formula is C7H14O. The molecule has 0 bridgehead atoms. The minimum Gasteiger partial charge on any atom is -0.373 e. The third-order valence-corrected chi connectivity index (χ3v) is 2.12. The van der Waals surface area contributed by atoms with E-state index in [1.165, 1.54) is 6.42 Å². The van der Waals surface area contributed by atoms with E-state index in [1.807, 2.05) is 0 Å². The molecule has 0 aliphatic carbocycles. The summed E-state index contributed by atoms with van der Waals surface area (Å²) in [6, 6.07) is 0. The first-order valence-corrected chi connectivity index (χ1v) is 3.28. The van der Waals surface area contributed by atoms with Gasteiger partial charge in [0.05, 0.1) is 12.7 Å². The predicted octanol–water partition coefficient (Wildman–Crippen LogP) is 1.82. The maximum absolute atomic E-state index is 5.16. The maximum Gasteiger partial charge on any atom is 0.0860 e. The van der Waals surface area contributed by atoms with Gasteiger partial charge in [-0.2, -0.15) is 0 Å². The highest BCUT2D eigenvalue weighted by Gasteiger charge is 2.37. The molecule has 1 unspecified atom stereocenters. The van der Waals surface area contributed by atoms with Gasteiger partial charge < -0.3 is 4.74 Å². The van der Waals surface area contributed by atoms with Crippen LogP contribution >= 0.6 is 0 Å². The summed E-state index contributed by atoms with van der Waals surface area (Å²) in [7, 11) is 0. The van der Waals surface area contributed by atoms with Crippen molar-refractivity contribution in [3.63, 3.8) is 0 Å². The summed E-state index contributed by atoms with van der Waals surface area (Å²) in [6.07, 6.45) is 1.78. The average molecular weight is 114 g/mol. The third-order valence-electron chi connectivity index (χ3n) is 2.12. The molecule has 0 aromatic heterocycles. The standard InChI is InChI=1S/C7H14O/c1-4-7(2,3)6-5-8-6/h6H,4-5H2,1-3H3. The minimum absolute atomic E-state index is 0.431. The molecule has 0 aromatic carbocycles. The van der Waals surface area contributed by atoms with Crippen molar-refractivity contribution in [2.45, 2.75) is 33.3 Å². The molecule has 1 atom stereocenters. The molecule has 0 spiro atoms. The highest BCUT2D eigenvalue weighted by Crippen LogP contribution is 2.34. The number of rotatable bonds is 2. The summed E-state index contributed by atoms with van der Waals surface area (Å²) in [4.78, 5) is 0. The van der Waals surface area contributed by atoms with E-state index in [2.05, 4.69) is 20.8 Å². The van der Waals surface area contributed by atoms with Crippen molar-refractivity contribution in [3.8, 4) is 0 Å². The Morgan fingerprint density at radius 1 is 1.62 bits per heavy atom. The highest BCUT2D eigenvalue weighted by molar-refractivity contribution is 4.85. The van der Waals surface area contributed by atoms with E-state index in [4.69, 9.17) is 4.74 Å². The lowest BCUT2D eigenvalue weighted by Crippen LogP contribution is -2.17. The monoisotopic (exact) mass is 114 g/mol. The molecule has 8 heavy (non-hydrogen) atoms. The average Bonchev–Trinajstić information content (AvgIpc) is 2.44. The van der Waals surface area contributed by atoms with Crippen molar-refractivity contribution in [1.29, 1.82) is 0 Å². The highest BCUT2D eigenvalue weighted by atomic mass is 16.6. The normalized spacial score (nSPS) is 28.1. The first-order valence-electron chi connectivity index (χ1n) is 3.28. The molecule has 1 nitrogen and oxygen atoms in total. The molecular weight excluding hydrogens is 100 g/mol. The zero-order valence-corrected chi connectivity index (χ0v) is 5.90. The zero-order chi connectivity index (χ0) is 6.20. The second-order valence-corrected chi connectivity index (χ2v) is 3.16. The van der Waals surface area contributed by atoms with Crippen LogP contribution < -0.4 is 0 Å². The summed E-state index contributed by atoms with van der Waals surface area (Å²) in [5.41, 5.74) is 0.431. The molecule has 1 aliphatic heterocycles. The Bertz CT molecular complexity index is 82.4. The van der Waals surface area contributed by atoms with E-state index in [9.17, 15) is 0 Å². The van der Waals surface area contributed by atoms with Gasteiger partial charge in [0.25, 0.3) is 0 Å². The van der Waals surface area contributed by atoms with Gasteiger partial charge in [-0.3, -0.25) is 0 Å². The van der Waals surface area contributed by atoms with E-state index in [0.29, 0.717) is 11.5 Å². The van der Waals surface area contributed by atoms with Crippen molar-refractivity contribution in [2.75, 3.05) is 6.61 Å². The van der Waals surface area contributed by atoms with Crippen LogP contribution in [0.25, 0.3) is 0 Å². The Labute approximate surface area is 51.0 Å². The smallest absolute Gasteiger partial charge is 0.0860 e. The molecule has 0 N–H and O–H groups in total. The molecule has 1 fully saturated rings. The van der Waals surface area contributed by atoms with Crippen molar-refractivity contribution in [2.24, 2.45) is 5.41 Å². The quantitative estimate of drug-likeness (QED) is 0.499. The number of hydrogen-bond acceptors (Lipinski definition) is 1. The molecule has 0 aromatic rings. The molecule has 1 aliphatic rings. The van der Waals surface area contributed by atoms with Gasteiger partial charge in [0.15, 0.2) is 0 Å². The SMILES string of the molecule is CCC(C)(C)C1CO1. The Kier molecular flexibility index (Phi) is 1.31. The molecule has 1 saturated heterocycles. The summed E-state index contributed by atoms with van der Waals surface area (Å²) in [5.74, 6) is 0. The minimum atomic E-state index is 0.431. The van der Waals surface area contributed by atoms with Crippen LogP contribution in [0.5, 0.6) is 0 Å². The van der Waals surface area contributed by atoms with Crippen LogP contribution in [-0.2, 0) is 4.74 Å². The van der Waals surface area contributed by atoms with Crippen LogP contribution in [0, 0.1) is 5.41 Å². The van der Waals surface area contributed by atoms with Gasteiger partial charge in [0, 0.05) is 0 Å². The van der Waals surface area contributed by atoms with E-state index < -0.39 is 0 Å². The number of hydrogen-bond donors (Lipinski definition) is 0. The molecule has 1 heterocycles. The lowest BCUT2D eigenvalue weighted by atomic mass is 9.87. The third kappa shape index (κ3) is 1.03. The number of epoxide rings is 1. The van der Waals surface area contributed by atoms with E-state index >= 15 is 0 Å². The Morgan fingerprint density at radius 2 is 2.12 bits per heavy atom. The van der Waals surface area contributed by atoms with Gasteiger partial charge in [0.2, 0.25) is 0 Å². The second-order valence-electron chi connectivity index (χ2n) is 3.16. The molecule has 0 saturated carbocycles. The fraction of sp³-hybridized carbons (Fsp3) is 1.00. The molecule has 1 heteroatoms. The lowest BCUT2D eigenvalue weighted by molar-refractivity contribution is 0.235. The van der Waals surface area contributed by atoms with Gasteiger partial charge in [-0.15, -0.1) is 0 Å². The van der Waals surface area contributed by atoms with Crippen molar-refractivity contribution >= 4 is 0 Å². The summed E-state index contributed by atoms with van der Waals surface area (Å²) < 4.78 is 5.16. The van der Waals surface area contributed by atoms with Crippen LogP contribution in [0.4, 0.5) is 0 Å². The number of ether oxygens (including phenoxy) is 1. The predicted molar refractivity (Wildman–Crippen MR) is 33.8 cm³/mol. The fourth-order valence-corrected chi connectivity index (χ4v) is 0.727. The molecule has 48 valence electrons. The second kappa shape index (κ2) is 1.73. The molecule has 1 rings (SSSR count).